The molecule has 3 aromatic carbocycles. The van der Waals surface area contributed by atoms with Crippen LogP contribution in [-0.2, 0) is 31.8 Å². The maximum Gasteiger partial charge on any atom is 0.407 e. The van der Waals surface area contributed by atoms with Crippen LogP contribution in [-0.4, -0.2) is 124 Å². The molecule has 0 saturated carbocycles. The Bertz CT molecular complexity index is 1810. The molecule has 14 nitrogen and oxygen atoms in total. The van der Waals surface area contributed by atoms with E-state index in [2.05, 4.69) is 28.9 Å². The highest BCUT2D eigenvalue weighted by molar-refractivity contribution is 8.00. The van der Waals surface area contributed by atoms with Gasteiger partial charge in [0.25, 0.3) is 0 Å². The Morgan fingerprint density at radius 1 is 0.807 bits per heavy atom. The van der Waals surface area contributed by atoms with E-state index in [4.69, 9.17) is 23.7 Å². The van der Waals surface area contributed by atoms with Gasteiger partial charge in [-0.1, -0.05) is 31.9 Å². The topological polar surface area (TPSA) is 174 Å². The lowest BCUT2D eigenvalue weighted by Crippen LogP contribution is -2.36. The van der Waals surface area contributed by atoms with E-state index in [0.29, 0.717) is 63.6 Å². The number of hydrogen-bond donors (Lipinski definition) is 4. The molecule has 15 heteroatoms. The Balaban J connectivity index is 0.779. The number of amides is 4. The predicted molar refractivity (Wildman–Crippen MR) is 218 cm³/mol. The zero-order valence-corrected chi connectivity index (χ0v) is 33.6. The highest BCUT2D eigenvalue weighted by atomic mass is 32.2. The molecule has 3 unspecified atom stereocenters. The first-order chi connectivity index (χ1) is 27.8. The number of unbranched alkanes of at least 4 members (excludes halogenated alkanes) is 2. The summed E-state index contributed by atoms with van der Waals surface area (Å²) in [6.07, 6.45) is 5.76. The predicted octanol–water partition coefficient (Wildman–Crippen LogP) is 4.78. The monoisotopic (exact) mass is 808 g/mol. The van der Waals surface area contributed by atoms with Crippen molar-refractivity contribution in [3.05, 3.63) is 57.7 Å². The molecule has 310 valence electrons. The first-order valence-corrected chi connectivity index (χ1v) is 21.3. The molecule has 3 aliphatic rings. The molecule has 3 atom stereocenters. The van der Waals surface area contributed by atoms with Gasteiger partial charge in [-0.15, -0.1) is 0 Å². The number of hydrogen-bond acceptors (Lipinski definition) is 10. The van der Waals surface area contributed by atoms with Crippen LogP contribution in [0.3, 0.4) is 0 Å². The van der Waals surface area contributed by atoms with Crippen molar-refractivity contribution in [1.29, 1.82) is 0 Å². The highest BCUT2D eigenvalue weighted by Crippen LogP contribution is 2.42. The number of urea groups is 1. The zero-order chi connectivity index (χ0) is 40.0. The Morgan fingerprint density at radius 3 is 2.09 bits per heavy atom. The number of benzene rings is 2. The van der Waals surface area contributed by atoms with E-state index in [1.807, 2.05) is 42.1 Å². The van der Waals surface area contributed by atoms with Crippen LogP contribution in [0.1, 0.15) is 56.6 Å². The lowest BCUT2D eigenvalue weighted by atomic mass is 9.91. The number of carbonyl (C=O) groups is 3. The molecule has 1 aliphatic carbocycles. The van der Waals surface area contributed by atoms with Crippen molar-refractivity contribution >= 4 is 29.8 Å². The van der Waals surface area contributed by atoms with Gasteiger partial charge in [-0.2, -0.15) is 11.8 Å². The van der Waals surface area contributed by atoms with Crippen LogP contribution in [0, 0.1) is 0 Å². The summed E-state index contributed by atoms with van der Waals surface area (Å²) in [5.74, 6) is 2.47. The summed E-state index contributed by atoms with van der Waals surface area (Å²) in [5, 5.41) is 18.8. The van der Waals surface area contributed by atoms with Gasteiger partial charge in [0.05, 0.1) is 58.3 Å². The van der Waals surface area contributed by atoms with Gasteiger partial charge in [0, 0.05) is 48.2 Å². The van der Waals surface area contributed by atoms with Crippen molar-refractivity contribution in [2.75, 3.05) is 78.2 Å². The molecule has 6 rings (SSSR count). The Morgan fingerprint density at radius 2 is 1.44 bits per heavy atom. The van der Waals surface area contributed by atoms with Gasteiger partial charge in [0.2, 0.25) is 5.91 Å². The molecule has 2 heterocycles. The van der Waals surface area contributed by atoms with Crippen LogP contribution >= 0.6 is 11.8 Å². The molecule has 0 radical (unpaired) electrons. The van der Waals surface area contributed by atoms with Crippen LogP contribution in [0.15, 0.2) is 41.2 Å². The summed E-state index contributed by atoms with van der Waals surface area (Å²) >= 11 is 1.88. The standard InChI is InChI=1S/C42H56N4O10S/c1-2-3-17-55-30-10-12-32-28(25-30)8-9-29-26-31(11-13-33(29)38-37(32)40(38)48)56-24-23-54-20-16-46(42(50)51)15-19-53-22-21-52-18-14-43-36(47)7-5-4-6-35-39-34(27-57-35)44-41(49)45-39/h10-13,25-26,34-35,39H,2-9,14-24,27H2,1H3,(H,43,47)(H,50,51)(H2,44,45,49). The summed E-state index contributed by atoms with van der Waals surface area (Å²) in [6.45, 7) is 5.67. The lowest BCUT2D eigenvalue weighted by Gasteiger charge is -2.19. The van der Waals surface area contributed by atoms with Gasteiger partial charge in [0.15, 0.2) is 5.43 Å². The average molecular weight is 809 g/mol. The van der Waals surface area contributed by atoms with Crippen LogP contribution in [0.5, 0.6) is 11.5 Å². The fourth-order valence-electron chi connectivity index (χ4n) is 7.43. The third-order valence-electron chi connectivity index (χ3n) is 10.6. The molecule has 0 spiro atoms. The number of thioether (sulfide) groups is 1. The minimum absolute atomic E-state index is 0.00257. The van der Waals surface area contributed by atoms with Crippen molar-refractivity contribution < 1.29 is 43.2 Å². The number of fused-ring (bicyclic) bond motifs is 6. The summed E-state index contributed by atoms with van der Waals surface area (Å²) in [7, 11) is 0. The molecular formula is C42H56N4O10S. The fourth-order valence-corrected chi connectivity index (χ4v) is 8.97. The van der Waals surface area contributed by atoms with Gasteiger partial charge in [-0.3, -0.25) is 9.59 Å². The van der Waals surface area contributed by atoms with Gasteiger partial charge in [-0.05, 0) is 78.6 Å². The number of carboxylic acid groups (broad SMARTS) is 1. The number of carbonyl (C=O) groups excluding carboxylic acids is 2. The second-order valence-electron chi connectivity index (χ2n) is 14.6. The van der Waals surface area contributed by atoms with Crippen LogP contribution < -0.4 is 30.9 Å². The molecule has 2 aliphatic heterocycles. The van der Waals surface area contributed by atoms with E-state index in [0.717, 1.165) is 89.8 Å². The van der Waals surface area contributed by atoms with E-state index in [-0.39, 0.29) is 55.8 Å². The third kappa shape index (κ3) is 12.1. The molecule has 4 amide bonds. The van der Waals surface area contributed by atoms with Crippen LogP contribution in [0.25, 0.3) is 22.3 Å². The van der Waals surface area contributed by atoms with Crippen LogP contribution in [0.2, 0.25) is 0 Å². The number of nitrogens with one attached hydrogen (secondary N) is 3. The summed E-state index contributed by atoms with van der Waals surface area (Å²) in [4.78, 5) is 49.5. The summed E-state index contributed by atoms with van der Waals surface area (Å²) in [6, 6.07) is 12.2. The third-order valence-corrected chi connectivity index (χ3v) is 12.1. The first kappa shape index (κ1) is 42.3. The Kier molecular flexibility index (Phi) is 15.9. The Labute approximate surface area is 338 Å². The number of rotatable bonds is 25. The quantitative estimate of drug-likeness (QED) is 0.0685. The normalized spacial score (nSPS) is 18.1. The van der Waals surface area contributed by atoms with E-state index in [1.54, 1.807) is 0 Å². The minimum atomic E-state index is -1.05. The minimum Gasteiger partial charge on any atom is -0.494 e. The highest BCUT2D eigenvalue weighted by Gasteiger charge is 2.42. The number of aryl methyl sites for hydroxylation is 2. The van der Waals surface area contributed by atoms with Crippen molar-refractivity contribution in [2.45, 2.75) is 75.6 Å². The maximum atomic E-state index is 12.9. The molecule has 0 bridgehead atoms. The van der Waals surface area contributed by atoms with Crippen molar-refractivity contribution in [2.24, 2.45) is 0 Å². The second-order valence-corrected chi connectivity index (χ2v) is 15.9. The molecule has 0 aromatic heterocycles. The lowest BCUT2D eigenvalue weighted by molar-refractivity contribution is -0.121. The molecule has 57 heavy (non-hydrogen) atoms. The van der Waals surface area contributed by atoms with Crippen molar-refractivity contribution in [3.8, 4) is 33.8 Å². The maximum absolute atomic E-state index is 12.9. The fraction of sp³-hybridized carbons (Fsp3) is 0.571. The number of ether oxygens (including phenoxy) is 5. The van der Waals surface area contributed by atoms with Gasteiger partial charge < -0.3 is 49.6 Å². The smallest absolute Gasteiger partial charge is 0.407 e. The van der Waals surface area contributed by atoms with Crippen molar-refractivity contribution in [3.63, 3.8) is 0 Å². The summed E-state index contributed by atoms with van der Waals surface area (Å²) < 4.78 is 28.6. The summed E-state index contributed by atoms with van der Waals surface area (Å²) in [5.41, 5.74) is 5.85. The average Bonchev–Trinajstić information content (AvgIpc) is 3.47. The van der Waals surface area contributed by atoms with Gasteiger partial charge in [0.1, 0.15) is 18.1 Å². The van der Waals surface area contributed by atoms with E-state index < -0.39 is 6.09 Å². The molecule has 3 aromatic rings. The zero-order valence-electron chi connectivity index (χ0n) is 32.8. The molecule has 2 saturated heterocycles. The van der Waals surface area contributed by atoms with E-state index in [9.17, 15) is 24.3 Å². The molecule has 2 fully saturated rings. The van der Waals surface area contributed by atoms with E-state index in [1.165, 1.54) is 4.90 Å². The first-order valence-electron chi connectivity index (χ1n) is 20.3. The largest absolute Gasteiger partial charge is 0.494 e. The van der Waals surface area contributed by atoms with Gasteiger partial charge >= 0.3 is 12.1 Å². The number of nitrogens with zero attached hydrogens (tertiary/aromatic N) is 1. The van der Waals surface area contributed by atoms with E-state index >= 15 is 0 Å². The molecular weight excluding hydrogens is 753 g/mol. The molecule has 4 N–H and O–H groups in total. The van der Waals surface area contributed by atoms with Crippen molar-refractivity contribution in [1.82, 2.24) is 20.9 Å². The second kappa shape index (κ2) is 21.4. The SMILES string of the molecule is CCCCOc1ccc2c(c1)CCc1cc(OCCOCCN(CCOCCOCCNC(=O)CCCCC3SCC4NC(=O)NC43)C(=O)O)ccc1-c1c-2c1=O. The van der Waals surface area contributed by atoms with Gasteiger partial charge in [-0.25, -0.2) is 9.59 Å². The Hall–Kier alpha value is -4.31. The van der Waals surface area contributed by atoms with Crippen LogP contribution in [0.4, 0.5) is 9.59 Å².